The molecule has 74 valence electrons. The molecule has 14 heavy (non-hydrogen) atoms. The molecule has 2 nitrogen and oxygen atoms in total. The molecule has 0 aromatic heterocycles. The Balaban J connectivity index is 2.64. The van der Waals surface area contributed by atoms with Crippen LogP contribution in [0.1, 0.15) is 24.5 Å². The highest BCUT2D eigenvalue weighted by molar-refractivity contribution is 6.48. The van der Waals surface area contributed by atoms with Crippen molar-refractivity contribution in [3.05, 3.63) is 41.4 Å². The molecular formula is C11H15BO2. The fraction of sp³-hybridized carbons (Fsp3) is 0.273. The van der Waals surface area contributed by atoms with Crippen molar-refractivity contribution in [1.29, 1.82) is 0 Å². The standard InChI is InChI=1S/C11H15BO2/c1-2-3-10-4-6-11(7-5-10)8-9-12(13)14/h4-9,13-14H,2-3H2,1H3/b9-8+. The van der Waals surface area contributed by atoms with Crippen molar-refractivity contribution in [2.75, 3.05) is 0 Å². The maximum Gasteiger partial charge on any atom is 0.480 e. The van der Waals surface area contributed by atoms with E-state index in [-0.39, 0.29) is 0 Å². The number of hydrogen-bond donors (Lipinski definition) is 2. The molecule has 3 heteroatoms. The van der Waals surface area contributed by atoms with E-state index in [1.54, 1.807) is 6.08 Å². The highest BCUT2D eigenvalue weighted by Crippen LogP contribution is 2.07. The molecule has 0 atom stereocenters. The summed E-state index contributed by atoms with van der Waals surface area (Å²) in [6.07, 6.45) is 3.93. The van der Waals surface area contributed by atoms with E-state index < -0.39 is 7.12 Å². The maximum atomic E-state index is 8.62. The number of benzene rings is 1. The van der Waals surface area contributed by atoms with Crippen molar-refractivity contribution in [1.82, 2.24) is 0 Å². The molecule has 0 unspecified atom stereocenters. The third kappa shape index (κ3) is 3.77. The van der Waals surface area contributed by atoms with Crippen molar-refractivity contribution in [2.45, 2.75) is 19.8 Å². The predicted molar refractivity (Wildman–Crippen MR) is 59.7 cm³/mol. The van der Waals surface area contributed by atoms with Gasteiger partial charge in [0, 0.05) is 0 Å². The third-order valence-electron chi connectivity index (χ3n) is 1.98. The molecule has 0 aliphatic heterocycles. The molecule has 1 aromatic carbocycles. The summed E-state index contributed by atoms with van der Waals surface area (Å²) in [5, 5.41) is 17.2. The fourth-order valence-electron chi connectivity index (χ4n) is 1.28. The minimum Gasteiger partial charge on any atom is -0.424 e. The van der Waals surface area contributed by atoms with E-state index in [0.717, 1.165) is 18.4 Å². The van der Waals surface area contributed by atoms with E-state index in [0.29, 0.717) is 0 Å². The molecule has 0 spiro atoms. The Hall–Kier alpha value is -1.06. The van der Waals surface area contributed by atoms with E-state index in [1.165, 1.54) is 11.5 Å². The van der Waals surface area contributed by atoms with Gasteiger partial charge in [0.05, 0.1) is 0 Å². The van der Waals surface area contributed by atoms with E-state index >= 15 is 0 Å². The average Bonchev–Trinajstić information content (AvgIpc) is 2.17. The second-order valence-corrected chi connectivity index (χ2v) is 3.26. The van der Waals surface area contributed by atoms with Crippen LogP contribution in [0.5, 0.6) is 0 Å². The largest absolute Gasteiger partial charge is 0.480 e. The first kappa shape index (κ1) is 11.0. The van der Waals surface area contributed by atoms with Crippen molar-refractivity contribution in [3.8, 4) is 0 Å². The quantitative estimate of drug-likeness (QED) is 0.709. The van der Waals surface area contributed by atoms with E-state index in [9.17, 15) is 0 Å². The smallest absolute Gasteiger partial charge is 0.424 e. The van der Waals surface area contributed by atoms with Gasteiger partial charge in [0.25, 0.3) is 0 Å². The number of hydrogen-bond acceptors (Lipinski definition) is 2. The Morgan fingerprint density at radius 3 is 2.36 bits per heavy atom. The second kappa shape index (κ2) is 5.63. The zero-order valence-corrected chi connectivity index (χ0v) is 8.35. The summed E-state index contributed by atoms with van der Waals surface area (Å²) in [6.45, 7) is 2.15. The van der Waals surface area contributed by atoms with Gasteiger partial charge in [0.1, 0.15) is 0 Å². The minimum atomic E-state index is -1.37. The molecule has 0 radical (unpaired) electrons. The Morgan fingerprint density at radius 1 is 1.21 bits per heavy atom. The molecule has 0 fully saturated rings. The van der Waals surface area contributed by atoms with Crippen LogP contribution in [0.2, 0.25) is 0 Å². The van der Waals surface area contributed by atoms with Crippen LogP contribution in [0.4, 0.5) is 0 Å². The van der Waals surface area contributed by atoms with Gasteiger partial charge >= 0.3 is 7.12 Å². The van der Waals surface area contributed by atoms with Gasteiger partial charge in [-0.3, -0.25) is 0 Å². The van der Waals surface area contributed by atoms with Gasteiger partial charge in [0.15, 0.2) is 0 Å². The molecule has 0 bridgehead atoms. The first-order valence-corrected chi connectivity index (χ1v) is 4.85. The SMILES string of the molecule is CCCc1ccc(/C=C/B(O)O)cc1. The summed E-state index contributed by atoms with van der Waals surface area (Å²) in [5.74, 6) is 1.34. The Morgan fingerprint density at radius 2 is 1.86 bits per heavy atom. The zero-order valence-electron chi connectivity index (χ0n) is 8.35. The third-order valence-corrected chi connectivity index (χ3v) is 1.98. The van der Waals surface area contributed by atoms with Gasteiger partial charge in [-0.05, 0) is 17.5 Å². The minimum absolute atomic E-state index is 0.984. The molecular weight excluding hydrogens is 175 g/mol. The first-order chi connectivity index (χ1) is 6.72. The van der Waals surface area contributed by atoms with Gasteiger partial charge in [-0.1, -0.05) is 49.7 Å². The second-order valence-electron chi connectivity index (χ2n) is 3.26. The molecule has 2 N–H and O–H groups in total. The summed E-state index contributed by atoms with van der Waals surface area (Å²) < 4.78 is 0. The average molecular weight is 190 g/mol. The highest BCUT2D eigenvalue weighted by atomic mass is 16.4. The molecule has 0 aliphatic carbocycles. The summed E-state index contributed by atoms with van der Waals surface area (Å²) >= 11 is 0. The molecule has 0 saturated carbocycles. The molecule has 1 rings (SSSR count). The van der Waals surface area contributed by atoms with Gasteiger partial charge in [-0.2, -0.15) is 0 Å². The van der Waals surface area contributed by atoms with Crippen LogP contribution in [-0.2, 0) is 6.42 Å². The van der Waals surface area contributed by atoms with Crippen LogP contribution in [0.15, 0.2) is 30.2 Å². The molecule has 0 amide bonds. The maximum absolute atomic E-state index is 8.62. The van der Waals surface area contributed by atoms with Crippen molar-refractivity contribution in [2.24, 2.45) is 0 Å². The molecule has 0 heterocycles. The van der Waals surface area contributed by atoms with Gasteiger partial charge in [0.2, 0.25) is 0 Å². The lowest BCUT2D eigenvalue weighted by Crippen LogP contribution is -2.05. The fourth-order valence-corrected chi connectivity index (χ4v) is 1.28. The van der Waals surface area contributed by atoms with Crippen molar-refractivity contribution < 1.29 is 10.0 Å². The highest BCUT2D eigenvalue weighted by Gasteiger charge is 1.97. The Kier molecular flexibility index (Phi) is 4.43. The molecule has 0 aliphatic rings. The summed E-state index contributed by atoms with van der Waals surface area (Å²) in [5.41, 5.74) is 2.30. The molecule has 0 saturated heterocycles. The number of aryl methyl sites for hydroxylation is 1. The van der Waals surface area contributed by atoms with Crippen LogP contribution >= 0.6 is 0 Å². The van der Waals surface area contributed by atoms with Gasteiger partial charge in [-0.15, -0.1) is 0 Å². The normalized spacial score (nSPS) is 10.8. The van der Waals surface area contributed by atoms with Gasteiger partial charge in [-0.25, -0.2) is 0 Å². The number of rotatable bonds is 4. The van der Waals surface area contributed by atoms with Crippen LogP contribution in [0.25, 0.3) is 6.08 Å². The molecule has 1 aromatic rings. The monoisotopic (exact) mass is 190 g/mol. The lowest BCUT2D eigenvalue weighted by molar-refractivity contribution is 0.424. The Bertz CT molecular complexity index is 291. The topological polar surface area (TPSA) is 40.5 Å². The van der Waals surface area contributed by atoms with E-state index in [4.69, 9.17) is 10.0 Å². The zero-order chi connectivity index (χ0) is 10.4. The Labute approximate surface area is 85.0 Å². The van der Waals surface area contributed by atoms with Crippen molar-refractivity contribution >= 4 is 13.2 Å². The summed E-state index contributed by atoms with van der Waals surface area (Å²) in [4.78, 5) is 0. The van der Waals surface area contributed by atoms with E-state index in [1.807, 2.05) is 12.1 Å². The summed E-state index contributed by atoms with van der Waals surface area (Å²) in [7, 11) is -1.37. The summed E-state index contributed by atoms with van der Waals surface area (Å²) in [6, 6.07) is 8.08. The van der Waals surface area contributed by atoms with E-state index in [2.05, 4.69) is 19.1 Å². The van der Waals surface area contributed by atoms with Gasteiger partial charge < -0.3 is 10.0 Å². The van der Waals surface area contributed by atoms with Crippen LogP contribution < -0.4 is 0 Å². The lowest BCUT2D eigenvalue weighted by Gasteiger charge is -1.98. The lowest BCUT2D eigenvalue weighted by atomic mass is 9.90. The van der Waals surface area contributed by atoms with Crippen LogP contribution in [-0.4, -0.2) is 17.2 Å². The predicted octanol–water partition coefficient (Wildman–Crippen LogP) is 1.66. The van der Waals surface area contributed by atoms with Crippen LogP contribution in [0.3, 0.4) is 0 Å². The van der Waals surface area contributed by atoms with Crippen LogP contribution in [0, 0.1) is 0 Å². The van der Waals surface area contributed by atoms with Crippen molar-refractivity contribution in [3.63, 3.8) is 0 Å². The first-order valence-electron chi connectivity index (χ1n) is 4.85.